The minimum absolute atomic E-state index is 0.245. The van der Waals surface area contributed by atoms with E-state index < -0.39 is 11.9 Å². The molecular formula is C18H30O4. The van der Waals surface area contributed by atoms with Gasteiger partial charge >= 0.3 is 11.9 Å². The second kappa shape index (κ2) is 14.1. The molecule has 0 fully saturated rings. The molecule has 0 aliphatic carbocycles. The van der Waals surface area contributed by atoms with Gasteiger partial charge in [-0.1, -0.05) is 52.3 Å². The number of aliphatic carboxylic acids is 2. The average molecular weight is 310 g/mol. The minimum Gasteiger partial charge on any atom is -0.478 e. The molecular weight excluding hydrogens is 280 g/mol. The van der Waals surface area contributed by atoms with Crippen molar-refractivity contribution in [1.82, 2.24) is 0 Å². The summed E-state index contributed by atoms with van der Waals surface area (Å²) in [6.07, 6.45) is 8.00. The maximum absolute atomic E-state index is 10.4. The summed E-state index contributed by atoms with van der Waals surface area (Å²) < 4.78 is 0. The Morgan fingerprint density at radius 1 is 0.955 bits per heavy atom. The van der Waals surface area contributed by atoms with Crippen molar-refractivity contribution in [2.75, 3.05) is 0 Å². The Bertz CT molecular complexity index is 381. The highest BCUT2D eigenvalue weighted by Crippen LogP contribution is 2.12. The third-order valence-corrected chi connectivity index (χ3v) is 3.02. The van der Waals surface area contributed by atoms with Crippen LogP contribution in [0, 0.1) is 5.92 Å². The van der Waals surface area contributed by atoms with Gasteiger partial charge in [-0.25, -0.2) is 9.59 Å². The van der Waals surface area contributed by atoms with E-state index in [4.69, 9.17) is 10.2 Å². The molecule has 0 saturated carbocycles. The van der Waals surface area contributed by atoms with E-state index in [2.05, 4.69) is 33.6 Å². The number of hydrogen-bond donors (Lipinski definition) is 2. The van der Waals surface area contributed by atoms with Gasteiger partial charge in [-0.15, -0.1) is 6.58 Å². The van der Waals surface area contributed by atoms with Crippen molar-refractivity contribution < 1.29 is 19.8 Å². The molecule has 0 aromatic rings. The number of carboxylic acid groups (broad SMARTS) is 2. The fourth-order valence-corrected chi connectivity index (χ4v) is 1.56. The Hall–Kier alpha value is -1.84. The zero-order chi connectivity index (χ0) is 17.5. The van der Waals surface area contributed by atoms with Gasteiger partial charge in [0.25, 0.3) is 0 Å². The first-order valence-corrected chi connectivity index (χ1v) is 7.65. The molecule has 126 valence electrons. The zero-order valence-corrected chi connectivity index (χ0v) is 13.9. The minimum atomic E-state index is -0.920. The highest BCUT2D eigenvalue weighted by Gasteiger charge is 2.02. The van der Waals surface area contributed by atoms with Crippen molar-refractivity contribution in [3.05, 3.63) is 37.0 Å². The largest absolute Gasteiger partial charge is 0.478 e. The Morgan fingerprint density at radius 2 is 1.45 bits per heavy atom. The van der Waals surface area contributed by atoms with Gasteiger partial charge in [0.1, 0.15) is 0 Å². The molecule has 0 atom stereocenters. The number of carboxylic acids is 2. The molecule has 22 heavy (non-hydrogen) atoms. The fourth-order valence-electron chi connectivity index (χ4n) is 1.56. The lowest BCUT2D eigenvalue weighted by Crippen LogP contribution is -1.98. The van der Waals surface area contributed by atoms with Crippen molar-refractivity contribution in [3.8, 4) is 0 Å². The van der Waals surface area contributed by atoms with Gasteiger partial charge in [-0.3, -0.25) is 0 Å². The average Bonchev–Trinajstić information content (AvgIpc) is 2.44. The Balaban J connectivity index is 0. The third-order valence-electron chi connectivity index (χ3n) is 3.02. The second-order valence-electron chi connectivity index (χ2n) is 5.64. The van der Waals surface area contributed by atoms with E-state index in [-0.39, 0.29) is 5.57 Å². The van der Waals surface area contributed by atoms with E-state index in [1.807, 2.05) is 0 Å². The highest BCUT2D eigenvalue weighted by molar-refractivity contribution is 5.86. The molecule has 0 radical (unpaired) electrons. The first kappa shape index (κ1) is 22.4. The molecule has 0 spiro atoms. The van der Waals surface area contributed by atoms with Crippen LogP contribution in [0.15, 0.2) is 37.0 Å². The van der Waals surface area contributed by atoms with Crippen LogP contribution in [0.25, 0.3) is 0 Å². The van der Waals surface area contributed by atoms with E-state index in [0.717, 1.165) is 18.8 Å². The molecule has 0 aliphatic rings. The van der Waals surface area contributed by atoms with Gasteiger partial charge in [0.15, 0.2) is 0 Å². The van der Waals surface area contributed by atoms with Gasteiger partial charge in [0.05, 0.1) is 0 Å². The number of carbonyl (C=O) groups is 2. The molecule has 4 nitrogen and oxygen atoms in total. The van der Waals surface area contributed by atoms with Crippen molar-refractivity contribution in [1.29, 1.82) is 0 Å². The van der Waals surface area contributed by atoms with Crippen LogP contribution in [0.1, 0.15) is 58.8 Å². The molecule has 0 rings (SSSR count). The predicted molar refractivity (Wildman–Crippen MR) is 90.9 cm³/mol. The molecule has 0 aromatic carbocycles. The van der Waals surface area contributed by atoms with E-state index in [0.29, 0.717) is 24.8 Å². The lowest BCUT2D eigenvalue weighted by Gasteiger charge is -2.03. The van der Waals surface area contributed by atoms with Gasteiger partial charge in [-0.2, -0.15) is 0 Å². The van der Waals surface area contributed by atoms with Crippen LogP contribution in [0.4, 0.5) is 0 Å². The molecule has 0 bridgehead atoms. The summed E-state index contributed by atoms with van der Waals surface area (Å²) in [5, 5.41) is 16.8. The number of unbranched alkanes of at least 4 members (excludes halogenated alkanes) is 2. The molecule has 0 aromatic heterocycles. The van der Waals surface area contributed by atoms with Gasteiger partial charge in [-0.05, 0) is 31.6 Å². The summed E-state index contributed by atoms with van der Waals surface area (Å²) in [7, 11) is 0. The maximum atomic E-state index is 10.4. The van der Waals surface area contributed by atoms with E-state index >= 15 is 0 Å². The summed E-state index contributed by atoms with van der Waals surface area (Å²) in [6.45, 7) is 14.7. The smallest absolute Gasteiger partial charge is 0.330 e. The lowest BCUT2D eigenvalue weighted by molar-refractivity contribution is -0.133. The normalized spacial score (nSPS) is 9.59. The van der Waals surface area contributed by atoms with Crippen LogP contribution in [-0.4, -0.2) is 22.2 Å². The van der Waals surface area contributed by atoms with Crippen molar-refractivity contribution in [2.24, 2.45) is 5.92 Å². The summed E-state index contributed by atoms with van der Waals surface area (Å²) in [5.41, 5.74) is 0.583. The van der Waals surface area contributed by atoms with Crippen LogP contribution in [0.2, 0.25) is 0 Å². The Kier molecular flexibility index (Phi) is 14.4. The molecule has 0 saturated heterocycles. The molecule has 2 N–H and O–H groups in total. The Labute approximate surface area is 134 Å². The van der Waals surface area contributed by atoms with Crippen LogP contribution in [-0.2, 0) is 9.59 Å². The molecule has 4 heteroatoms. The highest BCUT2D eigenvalue weighted by atomic mass is 16.4. The van der Waals surface area contributed by atoms with Gasteiger partial charge < -0.3 is 10.2 Å². The quantitative estimate of drug-likeness (QED) is 0.326. The molecule has 0 heterocycles. The first-order chi connectivity index (χ1) is 10.2. The molecule has 0 amide bonds. The SMILES string of the molecule is C=C(CCCCCC(C)C)C(=O)O.C=CCCC(=C)C(=O)O. The van der Waals surface area contributed by atoms with E-state index in [1.54, 1.807) is 6.08 Å². The monoisotopic (exact) mass is 310 g/mol. The topological polar surface area (TPSA) is 74.6 Å². The standard InChI is InChI=1S/C11H20O2.C7H10O2/c1-9(2)7-5-4-6-8-10(3)11(12)13;1-3-4-5-6(2)7(8)9/h9H,3-8H2,1-2H3,(H,12,13);3H,1-2,4-5H2,(H,8,9). The predicted octanol–water partition coefficient (Wildman–Crippen LogP) is 4.83. The van der Waals surface area contributed by atoms with Gasteiger partial charge in [0.2, 0.25) is 0 Å². The first-order valence-electron chi connectivity index (χ1n) is 7.65. The van der Waals surface area contributed by atoms with E-state index in [9.17, 15) is 9.59 Å². The van der Waals surface area contributed by atoms with Crippen LogP contribution in [0.5, 0.6) is 0 Å². The lowest BCUT2D eigenvalue weighted by atomic mass is 10.0. The maximum Gasteiger partial charge on any atom is 0.330 e. The number of hydrogen-bond acceptors (Lipinski definition) is 2. The Morgan fingerprint density at radius 3 is 1.86 bits per heavy atom. The summed E-state index contributed by atoms with van der Waals surface area (Å²) >= 11 is 0. The van der Waals surface area contributed by atoms with Crippen molar-refractivity contribution in [2.45, 2.75) is 58.8 Å². The number of rotatable bonds is 11. The number of allylic oxidation sites excluding steroid dienone is 1. The second-order valence-corrected chi connectivity index (χ2v) is 5.64. The van der Waals surface area contributed by atoms with Crippen LogP contribution < -0.4 is 0 Å². The summed E-state index contributed by atoms with van der Waals surface area (Å²) in [4.78, 5) is 20.4. The van der Waals surface area contributed by atoms with Crippen molar-refractivity contribution in [3.63, 3.8) is 0 Å². The zero-order valence-electron chi connectivity index (χ0n) is 13.9. The van der Waals surface area contributed by atoms with Crippen LogP contribution >= 0.6 is 0 Å². The third kappa shape index (κ3) is 16.2. The van der Waals surface area contributed by atoms with Crippen molar-refractivity contribution >= 4 is 11.9 Å². The molecule has 0 aliphatic heterocycles. The summed E-state index contributed by atoms with van der Waals surface area (Å²) in [6, 6.07) is 0. The summed E-state index contributed by atoms with van der Waals surface area (Å²) in [5.74, 6) is -1.02. The van der Waals surface area contributed by atoms with Gasteiger partial charge in [0, 0.05) is 11.1 Å². The van der Waals surface area contributed by atoms with Crippen LogP contribution in [0.3, 0.4) is 0 Å². The van der Waals surface area contributed by atoms with E-state index in [1.165, 1.54) is 12.8 Å². The fraction of sp³-hybridized carbons (Fsp3) is 0.556. The molecule has 0 unspecified atom stereocenters.